The molecule has 168 valence electrons. The topological polar surface area (TPSA) is 113 Å². The second-order valence-corrected chi connectivity index (χ2v) is 11.6. The Morgan fingerprint density at radius 3 is 2.47 bits per heavy atom. The summed E-state index contributed by atoms with van der Waals surface area (Å²) in [5.41, 5.74) is 0.851. The van der Waals surface area contributed by atoms with Gasteiger partial charge in [0.25, 0.3) is 5.91 Å². The van der Waals surface area contributed by atoms with Crippen LogP contribution in [0.3, 0.4) is 0 Å². The first-order valence-corrected chi connectivity index (χ1v) is 13.4. The highest BCUT2D eigenvalue weighted by Gasteiger charge is 2.31. The van der Waals surface area contributed by atoms with E-state index in [0.717, 1.165) is 0 Å². The van der Waals surface area contributed by atoms with E-state index in [1.54, 1.807) is 19.9 Å². The molecule has 11 heteroatoms. The summed E-state index contributed by atoms with van der Waals surface area (Å²) in [6, 6.07) is 4.11. The molecule has 1 amide bonds. The number of benzene rings is 1. The highest BCUT2D eigenvalue weighted by Crippen LogP contribution is 2.27. The Hall–Kier alpha value is -1.69. The van der Waals surface area contributed by atoms with Crippen LogP contribution in [0.4, 0.5) is 5.69 Å². The lowest BCUT2D eigenvalue weighted by atomic mass is 10.1. The summed E-state index contributed by atoms with van der Waals surface area (Å²) in [7, 11) is -6.88. The zero-order chi connectivity index (χ0) is 21.9. The van der Waals surface area contributed by atoms with Crippen molar-refractivity contribution in [2.75, 3.05) is 55.8 Å². The van der Waals surface area contributed by atoms with Crippen LogP contribution in [0.5, 0.6) is 0 Å². The van der Waals surface area contributed by atoms with Crippen LogP contribution in [-0.4, -0.2) is 84.0 Å². The summed E-state index contributed by atoms with van der Waals surface area (Å²) in [5.74, 6) is -0.511. The minimum absolute atomic E-state index is 0.0463. The fourth-order valence-electron chi connectivity index (χ4n) is 3.82. The normalized spacial score (nSPS) is 21.7. The lowest BCUT2D eigenvalue weighted by Gasteiger charge is -2.31. The number of sulfone groups is 1. The molecule has 1 aromatic rings. The highest BCUT2D eigenvalue weighted by molar-refractivity contribution is 7.91. The van der Waals surface area contributed by atoms with Gasteiger partial charge in [0, 0.05) is 37.9 Å². The second-order valence-electron chi connectivity index (χ2n) is 7.44. The fraction of sp³-hybridized carbons (Fsp3) is 0.632. The minimum atomic E-state index is -3.74. The van der Waals surface area contributed by atoms with Crippen LogP contribution in [0.1, 0.15) is 30.6 Å². The van der Waals surface area contributed by atoms with Gasteiger partial charge in [0.1, 0.15) is 0 Å². The predicted octanol–water partition coefficient (Wildman–Crippen LogP) is 0.471. The van der Waals surface area contributed by atoms with E-state index in [9.17, 15) is 21.6 Å². The number of nitrogens with zero attached hydrogens (tertiary/aromatic N) is 2. The van der Waals surface area contributed by atoms with E-state index in [1.165, 1.54) is 16.4 Å². The first kappa shape index (κ1) is 23.0. The predicted molar refractivity (Wildman–Crippen MR) is 114 cm³/mol. The van der Waals surface area contributed by atoms with Gasteiger partial charge in [0.15, 0.2) is 9.84 Å². The van der Waals surface area contributed by atoms with Crippen molar-refractivity contribution in [2.45, 2.75) is 31.2 Å². The number of sulfonamides is 1. The Morgan fingerprint density at radius 2 is 1.90 bits per heavy atom. The van der Waals surface area contributed by atoms with Crippen molar-refractivity contribution in [2.24, 2.45) is 0 Å². The van der Waals surface area contributed by atoms with Crippen LogP contribution in [0.2, 0.25) is 0 Å². The zero-order valence-corrected chi connectivity index (χ0v) is 19.0. The van der Waals surface area contributed by atoms with Crippen LogP contribution in [0.15, 0.2) is 23.1 Å². The van der Waals surface area contributed by atoms with Crippen molar-refractivity contribution < 1.29 is 26.4 Å². The molecule has 9 nitrogen and oxygen atoms in total. The third-order valence-corrected chi connectivity index (χ3v) is 9.29. The molecule has 2 aliphatic rings. The van der Waals surface area contributed by atoms with Crippen molar-refractivity contribution >= 4 is 31.5 Å². The Morgan fingerprint density at radius 1 is 1.23 bits per heavy atom. The van der Waals surface area contributed by atoms with Crippen LogP contribution < -0.4 is 10.2 Å². The largest absolute Gasteiger partial charge is 0.378 e. The van der Waals surface area contributed by atoms with Crippen molar-refractivity contribution in [3.8, 4) is 0 Å². The number of rotatable bonds is 7. The van der Waals surface area contributed by atoms with Crippen molar-refractivity contribution in [1.29, 1.82) is 0 Å². The van der Waals surface area contributed by atoms with E-state index in [1.807, 2.05) is 4.90 Å². The van der Waals surface area contributed by atoms with Gasteiger partial charge >= 0.3 is 0 Å². The standard InChI is InChI=1S/C19H29N3O6S2/c1-3-22(4-2)30(26,27)16-5-6-18(21-8-10-28-11-9-21)17(13-16)19(23)20-15-7-12-29(24,25)14-15/h5-6,13,15H,3-4,7-12,14H2,1-2H3,(H,20,23). The summed E-state index contributed by atoms with van der Waals surface area (Å²) in [6.07, 6.45) is 0.360. The first-order chi connectivity index (χ1) is 14.2. The van der Waals surface area contributed by atoms with Crippen molar-refractivity contribution in [3.05, 3.63) is 23.8 Å². The monoisotopic (exact) mass is 459 g/mol. The van der Waals surface area contributed by atoms with Gasteiger partial charge in [-0.1, -0.05) is 13.8 Å². The number of carbonyl (C=O) groups excluding carboxylic acids is 1. The molecule has 3 rings (SSSR count). The highest BCUT2D eigenvalue weighted by atomic mass is 32.2. The Kier molecular flexibility index (Phi) is 7.05. The van der Waals surface area contributed by atoms with Crippen LogP contribution in [0, 0.1) is 0 Å². The molecule has 2 heterocycles. The molecular formula is C19H29N3O6S2. The number of hydrogen-bond acceptors (Lipinski definition) is 7. The van der Waals surface area contributed by atoms with E-state index < -0.39 is 31.8 Å². The third-order valence-electron chi connectivity index (χ3n) is 5.48. The van der Waals surface area contributed by atoms with Gasteiger partial charge in [-0.25, -0.2) is 16.8 Å². The molecule has 2 saturated heterocycles. The van der Waals surface area contributed by atoms with Crippen LogP contribution >= 0.6 is 0 Å². The van der Waals surface area contributed by atoms with Gasteiger partial charge < -0.3 is 15.0 Å². The number of nitrogens with one attached hydrogen (secondary N) is 1. The number of carbonyl (C=O) groups is 1. The second kappa shape index (κ2) is 9.21. The fourth-order valence-corrected chi connectivity index (χ4v) is 6.98. The van der Waals surface area contributed by atoms with Crippen molar-refractivity contribution in [3.63, 3.8) is 0 Å². The molecule has 1 aromatic carbocycles. The third kappa shape index (κ3) is 4.96. The van der Waals surface area contributed by atoms with Gasteiger partial charge in [-0.15, -0.1) is 0 Å². The smallest absolute Gasteiger partial charge is 0.253 e. The molecule has 0 aromatic heterocycles. The molecule has 0 spiro atoms. The Bertz CT molecular complexity index is 984. The van der Waals surface area contributed by atoms with Gasteiger partial charge in [-0.3, -0.25) is 4.79 Å². The number of ether oxygens (including phenoxy) is 1. The maximum absolute atomic E-state index is 13.1. The quantitative estimate of drug-likeness (QED) is 0.631. The number of amides is 1. The minimum Gasteiger partial charge on any atom is -0.378 e. The molecule has 0 aliphatic carbocycles. The summed E-state index contributed by atoms with van der Waals surface area (Å²) < 4.78 is 56.1. The summed E-state index contributed by atoms with van der Waals surface area (Å²) >= 11 is 0. The van der Waals surface area contributed by atoms with Crippen LogP contribution in [0.25, 0.3) is 0 Å². The Labute approximate surface area is 178 Å². The molecule has 1 atom stereocenters. The van der Waals surface area contributed by atoms with Crippen molar-refractivity contribution in [1.82, 2.24) is 9.62 Å². The molecule has 0 radical (unpaired) electrons. The zero-order valence-electron chi connectivity index (χ0n) is 17.3. The average molecular weight is 460 g/mol. The van der Waals surface area contributed by atoms with Gasteiger partial charge in [-0.2, -0.15) is 4.31 Å². The SMILES string of the molecule is CCN(CC)S(=O)(=O)c1ccc(N2CCOCC2)c(C(=O)NC2CCS(=O)(=O)C2)c1. The lowest BCUT2D eigenvalue weighted by molar-refractivity contribution is 0.0939. The van der Waals surface area contributed by atoms with E-state index in [4.69, 9.17) is 4.74 Å². The van der Waals surface area contributed by atoms with E-state index in [-0.39, 0.29) is 22.0 Å². The Balaban J connectivity index is 1.97. The number of anilines is 1. The summed E-state index contributed by atoms with van der Waals surface area (Å²) in [5, 5.41) is 2.78. The first-order valence-electron chi connectivity index (χ1n) is 10.2. The van der Waals surface area contributed by atoms with Crippen LogP contribution in [-0.2, 0) is 24.6 Å². The molecule has 2 aliphatic heterocycles. The molecule has 30 heavy (non-hydrogen) atoms. The maximum Gasteiger partial charge on any atom is 0.253 e. The van der Waals surface area contributed by atoms with E-state index in [0.29, 0.717) is 51.5 Å². The van der Waals surface area contributed by atoms with E-state index in [2.05, 4.69) is 5.32 Å². The molecule has 0 bridgehead atoms. The van der Waals surface area contributed by atoms with Gasteiger partial charge in [0.2, 0.25) is 10.0 Å². The molecular weight excluding hydrogens is 430 g/mol. The lowest BCUT2D eigenvalue weighted by Crippen LogP contribution is -2.40. The number of morpholine rings is 1. The average Bonchev–Trinajstić information content (AvgIpc) is 3.07. The van der Waals surface area contributed by atoms with Gasteiger partial charge in [-0.05, 0) is 24.6 Å². The number of hydrogen-bond donors (Lipinski definition) is 1. The maximum atomic E-state index is 13.1. The molecule has 1 unspecified atom stereocenters. The molecule has 0 saturated carbocycles. The summed E-state index contributed by atoms with van der Waals surface area (Å²) in [4.78, 5) is 15.1. The van der Waals surface area contributed by atoms with Gasteiger partial charge in [0.05, 0.1) is 35.2 Å². The molecule has 1 N–H and O–H groups in total. The van der Waals surface area contributed by atoms with E-state index >= 15 is 0 Å². The molecule has 2 fully saturated rings. The summed E-state index contributed by atoms with van der Waals surface area (Å²) in [6.45, 7) is 6.37.